The Morgan fingerprint density at radius 2 is 1.84 bits per heavy atom. The normalized spacial score (nSPS) is 12.5. The van der Waals surface area contributed by atoms with Crippen LogP contribution in [0.5, 0.6) is 0 Å². The molecule has 0 saturated heterocycles. The van der Waals surface area contributed by atoms with Gasteiger partial charge in [-0.1, -0.05) is 0 Å². The maximum absolute atomic E-state index is 11.7. The van der Waals surface area contributed by atoms with Gasteiger partial charge in [-0.25, -0.2) is 4.98 Å². The molecule has 0 bridgehead atoms. The zero-order valence-corrected chi connectivity index (χ0v) is 9.11. The third kappa shape index (κ3) is 1.35. The molecule has 0 radical (unpaired) electrons. The maximum Gasteiger partial charge on any atom is 0.302 e. The summed E-state index contributed by atoms with van der Waals surface area (Å²) < 4.78 is 0. The Morgan fingerprint density at radius 3 is 2.47 bits per heavy atom. The first-order valence-corrected chi connectivity index (χ1v) is 5.06. The van der Waals surface area contributed by atoms with Crippen molar-refractivity contribution in [3.63, 3.8) is 0 Å². The summed E-state index contributed by atoms with van der Waals surface area (Å²) in [6.45, 7) is 0. The number of hydrogen-bond donors (Lipinski definition) is 1. The quantitative estimate of drug-likeness (QED) is 0.645. The van der Waals surface area contributed by atoms with Gasteiger partial charge in [-0.05, 0) is 6.07 Å². The molecule has 1 aromatic carbocycles. The highest BCUT2D eigenvalue weighted by molar-refractivity contribution is 6.26. The number of benzene rings is 1. The van der Waals surface area contributed by atoms with Crippen LogP contribution < -0.4 is 5.32 Å². The molecule has 2 aromatic rings. The van der Waals surface area contributed by atoms with Crippen molar-refractivity contribution in [1.29, 1.82) is 0 Å². The second kappa shape index (κ2) is 3.45. The standard InChI is InChI=1S/C10H4N4O5/c15-10-4-1-2-11-8-5(13(16)17)3-6(14(18)19)9(12-10)7(4)8/h1-3H,(H,12,15). The van der Waals surface area contributed by atoms with Crippen molar-refractivity contribution in [3.05, 3.63) is 44.1 Å². The Labute approximate surface area is 104 Å². The van der Waals surface area contributed by atoms with Crippen LogP contribution in [0.1, 0.15) is 10.4 Å². The number of nitro groups is 2. The molecule has 0 unspecified atom stereocenters. The van der Waals surface area contributed by atoms with Crippen LogP contribution in [0, 0.1) is 20.2 Å². The van der Waals surface area contributed by atoms with Crippen molar-refractivity contribution in [3.8, 4) is 0 Å². The van der Waals surface area contributed by atoms with Crippen molar-refractivity contribution in [2.24, 2.45) is 0 Å². The molecule has 9 nitrogen and oxygen atoms in total. The lowest BCUT2D eigenvalue weighted by Crippen LogP contribution is -2.05. The molecule has 94 valence electrons. The summed E-state index contributed by atoms with van der Waals surface area (Å²) in [5.74, 6) is -0.536. The molecule has 0 saturated carbocycles. The number of anilines is 1. The lowest BCUT2D eigenvalue weighted by Gasteiger charge is -2.01. The molecule has 0 atom stereocenters. The monoisotopic (exact) mass is 260 g/mol. The van der Waals surface area contributed by atoms with E-state index in [2.05, 4.69) is 10.3 Å². The average molecular weight is 260 g/mol. The minimum absolute atomic E-state index is 0.0403. The molecule has 19 heavy (non-hydrogen) atoms. The van der Waals surface area contributed by atoms with E-state index in [9.17, 15) is 25.0 Å². The van der Waals surface area contributed by atoms with Gasteiger partial charge in [0.25, 0.3) is 11.6 Å². The van der Waals surface area contributed by atoms with Gasteiger partial charge in [-0.3, -0.25) is 25.0 Å². The van der Waals surface area contributed by atoms with E-state index in [1.807, 2.05) is 0 Å². The average Bonchev–Trinajstić information content (AvgIpc) is 2.68. The molecule has 1 aliphatic rings. The first kappa shape index (κ1) is 11.0. The van der Waals surface area contributed by atoms with E-state index in [1.54, 1.807) is 0 Å². The van der Waals surface area contributed by atoms with Crippen LogP contribution in [0.15, 0.2) is 18.3 Å². The fourth-order valence-electron chi connectivity index (χ4n) is 2.09. The predicted octanol–water partition coefficient (Wildman–Crippen LogP) is 1.62. The largest absolute Gasteiger partial charge is 0.316 e. The number of nitro benzene ring substituents is 2. The number of non-ortho nitro benzene ring substituents is 1. The fraction of sp³-hybridized carbons (Fsp3) is 0. The van der Waals surface area contributed by atoms with Crippen molar-refractivity contribution in [1.82, 2.24) is 4.98 Å². The van der Waals surface area contributed by atoms with Crippen LogP contribution in [-0.4, -0.2) is 20.7 Å². The zero-order valence-electron chi connectivity index (χ0n) is 9.11. The Kier molecular flexibility index (Phi) is 2.00. The number of carbonyl (C=O) groups is 1. The number of hydrogen-bond acceptors (Lipinski definition) is 6. The molecule has 1 N–H and O–H groups in total. The second-order valence-electron chi connectivity index (χ2n) is 3.84. The van der Waals surface area contributed by atoms with Gasteiger partial charge in [0.1, 0.15) is 5.69 Å². The van der Waals surface area contributed by atoms with Crippen LogP contribution in [0.4, 0.5) is 17.1 Å². The van der Waals surface area contributed by atoms with Crippen LogP contribution in [0.2, 0.25) is 0 Å². The van der Waals surface area contributed by atoms with Crippen LogP contribution in [-0.2, 0) is 0 Å². The molecule has 0 aliphatic carbocycles. The number of nitrogens with zero attached hydrogens (tertiary/aromatic N) is 3. The SMILES string of the molecule is O=C1Nc2c([N+](=O)[O-])cc([N+](=O)[O-])c3nccc1c23. The van der Waals surface area contributed by atoms with Gasteiger partial charge in [0, 0.05) is 6.20 Å². The van der Waals surface area contributed by atoms with Crippen molar-refractivity contribution in [2.75, 3.05) is 5.32 Å². The number of carbonyl (C=O) groups excluding carboxylic acids is 1. The number of aromatic nitrogens is 1. The molecular weight excluding hydrogens is 256 g/mol. The third-order valence-corrected chi connectivity index (χ3v) is 2.85. The fourth-order valence-corrected chi connectivity index (χ4v) is 2.09. The van der Waals surface area contributed by atoms with E-state index < -0.39 is 27.1 Å². The summed E-state index contributed by atoms with van der Waals surface area (Å²) in [6, 6.07) is 2.17. The Morgan fingerprint density at radius 1 is 1.16 bits per heavy atom. The van der Waals surface area contributed by atoms with Gasteiger partial charge in [-0.2, -0.15) is 0 Å². The number of rotatable bonds is 2. The summed E-state index contributed by atoms with van der Waals surface area (Å²) in [6.07, 6.45) is 1.26. The molecule has 3 rings (SSSR count). The molecule has 1 amide bonds. The van der Waals surface area contributed by atoms with Crippen molar-refractivity contribution in [2.45, 2.75) is 0 Å². The topological polar surface area (TPSA) is 128 Å². The Hall–Kier alpha value is -3.10. The van der Waals surface area contributed by atoms with Crippen LogP contribution >= 0.6 is 0 Å². The summed E-state index contributed by atoms with van der Waals surface area (Å²) in [5.41, 5.74) is -0.949. The summed E-state index contributed by atoms with van der Waals surface area (Å²) in [4.78, 5) is 35.9. The molecule has 1 aliphatic heterocycles. The maximum atomic E-state index is 11.7. The van der Waals surface area contributed by atoms with E-state index >= 15 is 0 Å². The minimum atomic E-state index is -0.774. The molecular formula is C10H4N4O5. The second-order valence-corrected chi connectivity index (χ2v) is 3.84. The number of nitrogens with one attached hydrogen (secondary N) is 1. The van der Waals surface area contributed by atoms with E-state index in [4.69, 9.17) is 0 Å². The van der Waals surface area contributed by atoms with E-state index in [0.717, 1.165) is 6.07 Å². The molecule has 2 heterocycles. The highest BCUT2D eigenvalue weighted by Gasteiger charge is 2.34. The van der Waals surface area contributed by atoms with Crippen LogP contribution in [0.25, 0.3) is 10.9 Å². The molecule has 1 aromatic heterocycles. The summed E-state index contributed by atoms with van der Waals surface area (Å²) in [7, 11) is 0. The smallest absolute Gasteiger partial charge is 0.302 e. The lowest BCUT2D eigenvalue weighted by molar-refractivity contribution is -0.392. The van der Waals surface area contributed by atoms with Crippen LogP contribution in [0.3, 0.4) is 0 Å². The predicted molar refractivity (Wildman–Crippen MR) is 63.0 cm³/mol. The highest BCUT2D eigenvalue weighted by atomic mass is 16.6. The third-order valence-electron chi connectivity index (χ3n) is 2.85. The minimum Gasteiger partial charge on any atom is -0.316 e. The summed E-state index contributed by atoms with van der Waals surface area (Å²) >= 11 is 0. The highest BCUT2D eigenvalue weighted by Crippen LogP contribution is 2.43. The first-order chi connectivity index (χ1) is 9.00. The van der Waals surface area contributed by atoms with Crippen molar-refractivity contribution < 1.29 is 14.6 Å². The van der Waals surface area contributed by atoms with E-state index in [-0.39, 0.29) is 22.2 Å². The molecule has 0 fully saturated rings. The van der Waals surface area contributed by atoms with E-state index in [1.165, 1.54) is 12.3 Å². The molecule has 9 heteroatoms. The number of amides is 1. The Balaban J connectivity index is 2.54. The first-order valence-electron chi connectivity index (χ1n) is 5.06. The van der Waals surface area contributed by atoms with Crippen molar-refractivity contribution >= 4 is 33.9 Å². The van der Waals surface area contributed by atoms with Gasteiger partial charge in [0.05, 0.1) is 26.9 Å². The van der Waals surface area contributed by atoms with Gasteiger partial charge < -0.3 is 5.32 Å². The lowest BCUT2D eigenvalue weighted by atomic mass is 10.1. The zero-order chi connectivity index (χ0) is 13.7. The van der Waals surface area contributed by atoms with Gasteiger partial charge in [0.15, 0.2) is 5.52 Å². The summed E-state index contributed by atoms with van der Waals surface area (Å²) in [5, 5.41) is 24.4. The van der Waals surface area contributed by atoms with Gasteiger partial charge >= 0.3 is 5.69 Å². The molecule has 0 spiro atoms. The number of pyridine rings is 1. The van der Waals surface area contributed by atoms with Gasteiger partial charge in [0.2, 0.25) is 0 Å². The Bertz CT molecular complexity index is 785. The van der Waals surface area contributed by atoms with E-state index in [0.29, 0.717) is 0 Å². The van der Waals surface area contributed by atoms with Gasteiger partial charge in [-0.15, -0.1) is 0 Å².